The SMILES string of the molecule is CC#CCCC(=O)C12CC3CC(CC(C3)C1)C2. The van der Waals surface area contributed by atoms with Gasteiger partial charge in [-0.1, -0.05) is 0 Å². The molecule has 0 N–H and O–H groups in total. The molecule has 0 spiro atoms. The minimum absolute atomic E-state index is 0.101. The molecule has 1 heteroatoms. The summed E-state index contributed by atoms with van der Waals surface area (Å²) in [7, 11) is 0. The molecule has 1 nitrogen and oxygen atoms in total. The van der Waals surface area contributed by atoms with Crippen LogP contribution in [-0.2, 0) is 4.79 Å². The van der Waals surface area contributed by atoms with Crippen molar-refractivity contribution < 1.29 is 4.79 Å². The van der Waals surface area contributed by atoms with Gasteiger partial charge in [-0.25, -0.2) is 0 Å². The Morgan fingerprint density at radius 1 is 1.12 bits per heavy atom. The van der Waals surface area contributed by atoms with Gasteiger partial charge in [-0.15, -0.1) is 11.8 Å². The maximum absolute atomic E-state index is 12.5. The van der Waals surface area contributed by atoms with Crippen molar-refractivity contribution in [2.75, 3.05) is 0 Å². The maximum Gasteiger partial charge on any atom is 0.140 e. The Morgan fingerprint density at radius 2 is 1.65 bits per heavy atom. The van der Waals surface area contributed by atoms with Crippen LogP contribution in [0.1, 0.15) is 58.3 Å². The second kappa shape index (κ2) is 4.16. The summed E-state index contributed by atoms with van der Waals surface area (Å²) >= 11 is 0. The van der Waals surface area contributed by atoms with Gasteiger partial charge in [-0.2, -0.15) is 0 Å². The van der Waals surface area contributed by atoms with Crippen molar-refractivity contribution in [3.8, 4) is 11.8 Å². The first-order valence-electron chi connectivity index (χ1n) is 7.15. The van der Waals surface area contributed by atoms with Crippen LogP contribution >= 0.6 is 0 Å². The van der Waals surface area contributed by atoms with Gasteiger partial charge in [0.1, 0.15) is 5.78 Å². The van der Waals surface area contributed by atoms with E-state index in [1.807, 2.05) is 6.92 Å². The van der Waals surface area contributed by atoms with Crippen LogP contribution in [0.4, 0.5) is 0 Å². The lowest BCUT2D eigenvalue weighted by Gasteiger charge is -2.56. The van der Waals surface area contributed by atoms with Gasteiger partial charge < -0.3 is 0 Å². The largest absolute Gasteiger partial charge is 0.299 e. The van der Waals surface area contributed by atoms with Gasteiger partial charge in [0.25, 0.3) is 0 Å². The monoisotopic (exact) mass is 230 g/mol. The fourth-order valence-corrected chi connectivity index (χ4v) is 5.02. The zero-order chi connectivity index (χ0) is 11.9. The van der Waals surface area contributed by atoms with E-state index < -0.39 is 0 Å². The van der Waals surface area contributed by atoms with E-state index in [9.17, 15) is 4.79 Å². The molecule has 0 aliphatic heterocycles. The fourth-order valence-electron chi connectivity index (χ4n) is 5.02. The Kier molecular flexibility index (Phi) is 2.77. The first kappa shape index (κ1) is 11.3. The third kappa shape index (κ3) is 1.92. The molecule has 17 heavy (non-hydrogen) atoms. The zero-order valence-corrected chi connectivity index (χ0v) is 10.8. The topological polar surface area (TPSA) is 17.1 Å². The third-order valence-electron chi connectivity index (χ3n) is 5.28. The van der Waals surface area contributed by atoms with Crippen LogP contribution in [0.3, 0.4) is 0 Å². The van der Waals surface area contributed by atoms with Crippen molar-refractivity contribution in [2.45, 2.75) is 58.3 Å². The summed E-state index contributed by atoms with van der Waals surface area (Å²) in [6, 6.07) is 0. The number of ketones is 1. The van der Waals surface area contributed by atoms with Gasteiger partial charge in [-0.3, -0.25) is 4.79 Å². The molecule has 4 rings (SSSR count). The fraction of sp³-hybridized carbons (Fsp3) is 0.812. The molecule has 4 aliphatic rings. The Hall–Kier alpha value is -0.770. The minimum atomic E-state index is 0.101. The predicted octanol–water partition coefficient (Wildman–Crippen LogP) is 3.58. The highest BCUT2D eigenvalue weighted by molar-refractivity contribution is 5.85. The number of carbonyl (C=O) groups is 1. The van der Waals surface area contributed by atoms with Crippen molar-refractivity contribution in [2.24, 2.45) is 23.2 Å². The van der Waals surface area contributed by atoms with Gasteiger partial charge in [-0.05, 0) is 63.2 Å². The van der Waals surface area contributed by atoms with E-state index >= 15 is 0 Å². The van der Waals surface area contributed by atoms with E-state index in [1.165, 1.54) is 38.5 Å². The van der Waals surface area contributed by atoms with Gasteiger partial charge in [0.05, 0.1) is 0 Å². The Bertz CT molecular complexity index is 347. The second-order valence-corrected chi connectivity index (χ2v) is 6.55. The van der Waals surface area contributed by atoms with Crippen LogP contribution in [-0.4, -0.2) is 5.78 Å². The van der Waals surface area contributed by atoms with Crippen LogP contribution in [0, 0.1) is 35.0 Å². The van der Waals surface area contributed by atoms with Crippen LogP contribution in [0.15, 0.2) is 0 Å². The molecule has 0 amide bonds. The third-order valence-corrected chi connectivity index (χ3v) is 5.28. The number of carbonyl (C=O) groups excluding carboxylic acids is 1. The first-order valence-corrected chi connectivity index (χ1v) is 7.15. The maximum atomic E-state index is 12.5. The summed E-state index contributed by atoms with van der Waals surface area (Å²) in [4.78, 5) is 12.5. The highest BCUT2D eigenvalue weighted by Gasteiger charge is 2.53. The summed E-state index contributed by atoms with van der Waals surface area (Å²) in [5.74, 6) is 9.11. The van der Waals surface area contributed by atoms with Crippen LogP contribution in [0.25, 0.3) is 0 Å². The molecule has 4 saturated carbocycles. The molecule has 0 saturated heterocycles. The van der Waals surface area contributed by atoms with Crippen LogP contribution in [0.2, 0.25) is 0 Å². The summed E-state index contributed by atoms with van der Waals surface area (Å²) in [6.07, 6.45) is 9.35. The minimum Gasteiger partial charge on any atom is -0.299 e. The molecule has 0 aromatic rings. The number of hydrogen-bond donors (Lipinski definition) is 0. The van der Waals surface area contributed by atoms with E-state index in [4.69, 9.17) is 0 Å². The van der Waals surface area contributed by atoms with Crippen LogP contribution < -0.4 is 0 Å². The average molecular weight is 230 g/mol. The van der Waals surface area contributed by atoms with E-state index in [0.29, 0.717) is 12.2 Å². The molecule has 4 fully saturated rings. The molecule has 0 atom stereocenters. The molecule has 0 aromatic heterocycles. The molecule has 0 aromatic carbocycles. The van der Waals surface area contributed by atoms with Gasteiger partial charge in [0.15, 0.2) is 0 Å². The first-order chi connectivity index (χ1) is 8.22. The average Bonchev–Trinajstić information content (AvgIpc) is 2.27. The molecular formula is C16H22O. The Balaban J connectivity index is 1.72. The molecule has 0 heterocycles. The van der Waals surface area contributed by atoms with Crippen LogP contribution in [0.5, 0.6) is 0 Å². The second-order valence-electron chi connectivity index (χ2n) is 6.55. The van der Waals surface area contributed by atoms with E-state index in [0.717, 1.165) is 24.2 Å². The van der Waals surface area contributed by atoms with Gasteiger partial charge in [0.2, 0.25) is 0 Å². The predicted molar refractivity (Wildman–Crippen MR) is 68.3 cm³/mol. The molecule has 92 valence electrons. The normalized spacial score (nSPS) is 42.1. The molecule has 4 bridgehead atoms. The van der Waals surface area contributed by atoms with Gasteiger partial charge >= 0.3 is 0 Å². The highest BCUT2D eigenvalue weighted by Crippen LogP contribution is 2.60. The molecule has 0 radical (unpaired) electrons. The van der Waals surface area contributed by atoms with E-state index in [2.05, 4.69) is 11.8 Å². The lowest BCUT2D eigenvalue weighted by atomic mass is 9.48. The van der Waals surface area contributed by atoms with E-state index in [-0.39, 0.29) is 5.41 Å². The van der Waals surface area contributed by atoms with Crippen molar-refractivity contribution in [1.82, 2.24) is 0 Å². The van der Waals surface area contributed by atoms with Crippen molar-refractivity contribution in [3.05, 3.63) is 0 Å². The smallest absolute Gasteiger partial charge is 0.140 e. The summed E-state index contributed by atoms with van der Waals surface area (Å²) in [5.41, 5.74) is 0.101. The number of hydrogen-bond acceptors (Lipinski definition) is 1. The Labute approximate surface area is 104 Å². The quantitative estimate of drug-likeness (QED) is 0.677. The Morgan fingerprint density at radius 3 is 2.12 bits per heavy atom. The summed E-state index contributed by atoms with van der Waals surface area (Å²) < 4.78 is 0. The van der Waals surface area contributed by atoms with Crippen molar-refractivity contribution >= 4 is 5.78 Å². The van der Waals surface area contributed by atoms with Crippen molar-refractivity contribution in [3.63, 3.8) is 0 Å². The zero-order valence-electron chi connectivity index (χ0n) is 10.8. The summed E-state index contributed by atoms with van der Waals surface area (Å²) in [6.45, 7) is 1.86. The number of Topliss-reactive ketones (excluding diaryl/α,β-unsaturated/α-hetero) is 1. The summed E-state index contributed by atoms with van der Waals surface area (Å²) in [5, 5.41) is 0. The molecule has 4 aliphatic carbocycles. The molecular weight excluding hydrogens is 208 g/mol. The lowest BCUT2D eigenvalue weighted by Crippen LogP contribution is -2.49. The molecule has 0 unspecified atom stereocenters. The van der Waals surface area contributed by atoms with Gasteiger partial charge in [0, 0.05) is 18.3 Å². The van der Waals surface area contributed by atoms with Crippen molar-refractivity contribution in [1.29, 1.82) is 0 Å². The standard InChI is InChI=1S/C16H22O/c1-2-3-4-5-15(17)16-9-12-6-13(10-16)8-14(7-12)11-16/h12-14H,4-11H2,1H3. The lowest BCUT2D eigenvalue weighted by molar-refractivity contribution is -0.143. The number of rotatable bonds is 3. The highest BCUT2D eigenvalue weighted by atomic mass is 16.1. The van der Waals surface area contributed by atoms with E-state index in [1.54, 1.807) is 0 Å².